The summed E-state index contributed by atoms with van der Waals surface area (Å²) >= 11 is 0. The fourth-order valence-corrected chi connectivity index (χ4v) is 7.72. The molecule has 0 aromatic heterocycles. The zero-order valence-electron chi connectivity index (χ0n) is 21.5. The molecular formula is C32H52. The molecule has 4 unspecified atom stereocenters. The lowest BCUT2D eigenvalue weighted by Gasteiger charge is -2.43. The van der Waals surface area contributed by atoms with Crippen LogP contribution in [0.25, 0.3) is 0 Å². The molecule has 0 saturated heterocycles. The largest absolute Gasteiger partial charge is 0.0654 e. The Bertz CT molecular complexity index is 635. The lowest BCUT2D eigenvalue weighted by Crippen LogP contribution is -2.30. The van der Waals surface area contributed by atoms with E-state index in [0.29, 0.717) is 0 Å². The Morgan fingerprint density at radius 1 is 0.594 bits per heavy atom. The first-order valence-corrected chi connectivity index (χ1v) is 14.8. The number of fused-ring (bicyclic) bond motifs is 1. The second kappa shape index (κ2) is 12.6. The van der Waals surface area contributed by atoms with Crippen LogP contribution in [-0.2, 0) is 6.42 Å². The molecule has 1 aromatic rings. The third-order valence-corrected chi connectivity index (χ3v) is 10.00. The number of hydrogen-bond acceptors (Lipinski definition) is 0. The van der Waals surface area contributed by atoms with Crippen molar-refractivity contribution >= 4 is 0 Å². The Labute approximate surface area is 200 Å². The zero-order valence-corrected chi connectivity index (χ0v) is 21.5. The Morgan fingerprint density at radius 3 is 1.94 bits per heavy atom. The Kier molecular flexibility index (Phi) is 9.60. The Balaban J connectivity index is 1.13. The van der Waals surface area contributed by atoms with Gasteiger partial charge in [-0.2, -0.15) is 0 Å². The second-order valence-corrected chi connectivity index (χ2v) is 12.1. The van der Waals surface area contributed by atoms with Crippen molar-refractivity contribution in [2.45, 2.75) is 135 Å². The van der Waals surface area contributed by atoms with Gasteiger partial charge in [-0.25, -0.2) is 0 Å². The minimum absolute atomic E-state index is 0.843. The second-order valence-electron chi connectivity index (χ2n) is 12.1. The molecule has 0 heteroatoms. The van der Waals surface area contributed by atoms with Gasteiger partial charge in [0.1, 0.15) is 0 Å². The normalized spacial score (nSPS) is 33.1. The summed E-state index contributed by atoms with van der Waals surface area (Å²) in [5.74, 6) is 6.13. The fraction of sp³-hybridized carbons (Fsp3) is 0.812. The van der Waals surface area contributed by atoms with Crippen LogP contribution in [0.4, 0.5) is 0 Å². The monoisotopic (exact) mass is 436 g/mol. The summed E-state index contributed by atoms with van der Waals surface area (Å²) in [6.45, 7) is 4.59. The molecule has 0 nitrogen and oxygen atoms in total. The highest BCUT2D eigenvalue weighted by Gasteiger charge is 2.36. The van der Waals surface area contributed by atoms with Crippen LogP contribution in [0.3, 0.4) is 0 Å². The summed E-state index contributed by atoms with van der Waals surface area (Å²) in [4.78, 5) is 0. The lowest BCUT2D eigenvalue weighted by molar-refractivity contribution is 0.108. The molecule has 0 aliphatic heterocycles. The van der Waals surface area contributed by atoms with E-state index in [1.807, 2.05) is 0 Å². The average molecular weight is 437 g/mol. The molecule has 0 heterocycles. The Hall–Kier alpha value is -0.780. The average Bonchev–Trinajstić information content (AvgIpc) is 2.86. The molecule has 1 aromatic carbocycles. The third kappa shape index (κ3) is 6.87. The molecule has 3 saturated carbocycles. The Morgan fingerprint density at radius 2 is 1.22 bits per heavy atom. The highest BCUT2D eigenvalue weighted by atomic mass is 14.4. The number of rotatable bonds is 10. The molecule has 32 heavy (non-hydrogen) atoms. The first-order chi connectivity index (χ1) is 15.7. The predicted molar refractivity (Wildman–Crippen MR) is 140 cm³/mol. The summed E-state index contributed by atoms with van der Waals surface area (Å²) in [6.07, 6.45) is 26.9. The van der Waals surface area contributed by atoms with Gasteiger partial charge in [0.2, 0.25) is 0 Å². The van der Waals surface area contributed by atoms with E-state index >= 15 is 0 Å². The number of unbranched alkanes of at least 4 members (excludes halogenated alkanes) is 3. The molecule has 180 valence electrons. The maximum Gasteiger partial charge on any atom is -0.0159 e. The summed E-state index contributed by atoms with van der Waals surface area (Å²) in [6, 6.07) is 9.63. The molecule has 3 aliphatic rings. The summed E-state index contributed by atoms with van der Waals surface area (Å²) in [5.41, 5.74) is 3.12. The van der Waals surface area contributed by atoms with E-state index in [2.05, 4.69) is 38.1 Å². The first-order valence-electron chi connectivity index (χ1n) is 14.8. The predicted octanol–water partition coefficient (Wildman–Crippen LogP) is 10.1. The molecule has 0 N–H and O–H groups in total. The van der Waals surface area contributed by atoms with Gasteiger partial charge in [0.05, 0.1) is 0 Å². The molecule has 0 amide bonds. The van der Waals surface area contributed by atoms with E-state index < -0.39 is 0 Å². The van der Waals surface area contributed by atoms with Gasteiger partial charge in [-0.05, 0) is 85.2 Å². The van der Waals surface area contributed by atoms with E-state index in [1.54, 1.807) is 50.5 Å². The van der Waals surface area contributed by atoms with Crippen LogP contribution < -0.4 is 0 Å². The van der Waals surface area contributed by atoms with E-state index in [4.69, 9.17) is 0 Å². The van der Waals surface area contributed by atoms with Gasteiger partial charge in [-0.3, -0.25) is 0 Å². The van der Waals surface area contributed by atoms with Crippen LogP contribution in [0.2, 0.25) is 0 Å². The number of aryl methyl sites for hydroxylation is 1. The molecule has 4 atom stereocenters. The molecule has 4 rings (SSSR count). The van der Waals surface area contributed by atoms with Crippen molar-refractivity contribution in [1.82, 2.24) is 0 Å². The van der Waals surface area contributed by atoms with Crippen LogP contribution in [0.15, 0.2) is 24.3 Å². The standard InChI is InChI=1S/C32H52/c1-3-5-6-7-8-26-9-11-27(12-10-26)13-14-28-17-20-32-24-31(22-21-30(32)23-28)29-18-15-25(4-2)16-19-29/h15-16,18-19,26-28,30-32H,3-14,17,20-24H2,1-2H3. The summed E-state index contributed by atoms with van der Waals surface area (Å²) in [7, 11) is 0. The van der Waals surface area contributed by atoms with Crippen molar-refractivity contribution in [3.05, 3.63) is 35.4 Å². The van der Waals surface area contributed by atoms with Crippen molar-refractivity contribution < 1.29 is 0 Å². The molecule has 0 radical (unpaired) electrons. The fourth-order valence-electron chi connectivity index (χ4n) is 7.72. The van der Waals surface area contributed by atoms with Crippen LogP contribution in [-0.4, -0.2) is 0 Å². The summed E-state index contributed by atoms with van der Waals surface area (Å²) in [5, 5.41) is 0. The van der Waals surface area contributed by atoms with Crippen LogP contribution >= 0.6 is 0 Å². The van der Waals surface area contributed by atoms with Crippen LogP contribution in [0.5, 0.6) is 0 Å². The molecular weight excluding hydrogens is 384 g/mol. The lowest BCUT2D eigenvalue weighted by atomic mass is 9.63. The van der Waals surface area contributed by atoms with Crippen molar-refractivity contribution in [3.8, 4) is 0 Å². The maximum absolute atomic E-state index is 2.44. The minimum Gasteiger partial charge on any atom is -0.0654 e. The SMILES string of the molecule is CCCCCCC1CCC(CCC2CCC3CC(c4ccc(CC)cc4)CCC3C2)CC1. The smallest absolute Gasteiger partial charge is 0.0159 e. The van der Waals surface area contributed by atoms with Crippen LogP contribution in [0.1, 0.15) is 140 Å². The quantitative estimate of drug-likeness (QED) is 0.320. The minimum atomic E-state index is 0.843. The molecule has 3 fully saturated rings. The maximum atomic E-state index is 2.44. The topological polar surface area (TPSA) is 0 Å². The van der Waals surface area contributed by atoms with E-state index in [9.17, 15) is 0 Å². The van der Waals surface area contributed by atoms with Gasteiger partial charge in [-0.1, -0.05) is 115 Å². The highest BCUT2D eigenvalue weighted by molar-refractivity contribution is 5.26. The molecule has 0 spiro atoms. The van der Waals surface area contributed by atoms with Gasteiger partial charge in [0, 0.05) is 0 Å². The van der Waals surface area contributed by atoms with Gasteiger partial charge < -0.3 is 0 Å². The highest BCUT2D eigenvalue weighted by Crippen LogP contribution is 2.49. The van der Waals surface area contributed by atoms with E-state index in [0.717, 1.165) is 41.9 Å². The zero-order chi connectivity index (χ0) is 22.2. The number of hydrogen-bond donors (Lipinski definition) is 0. The first kappa shape index (κ1) is 24.3. The van der Waals surface area contributed by atoms with E-state index in [1.165, 1.54) is 69.8 Å². The van der Waals surface area contributed by atoms with Gasteiger partial charge >= 0.3 is 0 Å². The van der Waals surface area contributed by atoms with Gasteiger partial charge in [-0.15, -0.1) is 0 Å². The van der Waals surface area contributed by atoms with Crippen molar-refractivity contribution in [2.75, 3.05) is 0 Å². The van der Waals surface area contributed by atoms with Crippen LogP contribution in [0, 0.1) is 29.6 Å². The van der Waals surface area contributed by atoms with Crippen molar-refractivity contribution in [3.63, 3.8) is 0 Å². The number of benzene rings is 1. The van der Waals surface area contributed by atoms with Crippen molar-refractivity contribution in [1.29, 1.82) is 0 Å². The van der Waals surface area contributed by atoms with E-state index in [-0.39, 0.29) is 0 Å². The molecule has 0 bridgehead atoms. The molecule has 3 aliphatic carbocycles. The third-order valence-electron chi connectivity index (χ3n) is 10.00. The van der Waals surface area contributed by atoms with Gasteiger partial charge in [0.15, 0.2) is 0 Å². The van der Waals surface area contributed by atoms with Crippen molar-refractivity contribution in [2.24, 2.45) is 29.6 Å². The van der Waals surface area contributed by atoms with Gasteiger partial charge in [0.25, 0.3) is 0 Å². The summed E-state index contributed by atoms with van der Waals surface area (Å²) < 4.78 is 0.